The molecule has 35 heavy (non-hydrogen) atoms. The Morgan fingerprint density at radius 2 is 2.17 bits per heavy atom. The van der Waals surface area contributed by atoms with E-state index in [9.17, 15) is 4.79 Å². The lowest BCUT2D eigenvalue weighted by Gasteiger charge is -2.30. The van der Waals surface area contributed by atoms with Gasteiger partial charge in [-0.2, -0.15) is 5.10 Å². The van der Waals surface area contributed by atoms with E-state index < -0.39 is 14.2 Å². The van der Waals surface area contributed by atoms with E-state index in [1.165, 1.54) is 0 Å². The molecule has 0 spiro atoms. The molecule has 2 heterocycles. The summed E-state index contributed by atoms with van der Waals surface area (Å²) >= 11 is 0. The van der Waals surface area contributed by atoms with E-state index in [1.807, 2.05) is 29.1 Å². The van der Waals surface area contributed by atoms with Crippen LogP contribution in [0.1, 0.15) is 25.0 Å². The van der Waals surface area contributed by atoms with Crippen LogP contribution in [0.25, 0.3) is 11.3 Å². The number of carboxylic acid groups (broad SMARTS) is 1. The molecule has 3 rings (SSSR count). The summed E-state index contributed by atoms with van der Waals surface area (Å²) in [5.74, 6) is 0. The van der Waals surface area contributed by atoms with Crippen LogP contribution in [0, 0.1) is 0 Å². The molecule has 188 valence electrons. The van der Waals surface area contributed by atoms with Gasteiger partial charge in [0.25, 0.3) is 0 Å². The molecule has 0 saturated heterocycles. The van der Waals surface area contributed by atoms with Gasteiger partial charge in [-0.1, -0.05) is 56.1 Å². The Morgan fingerprint density at radius 1 is 1.34 bits per heavy atom. The van der Waals surface area contributed by atoms with Crippen molar-refractivity contribution in [3.63, 3.8) is 0 Å². The number of nitrogens with one attached hydrogen (secondary N) is 1. The summed E-state index contributed by atoms with van der Waals surface area (Å²) in [4.78, 5) is 15.4. The van der Waals surface area contributed by atoms with Crippen LogP contribution < -0.4 is 11.1 Å². The molecule has 2 aromatic rings. The minimum Gasteiger partial charge on any atom is -0.465 e. The molecule has 4 N–H and O–H groups in total. The average molecular weight is 496 g/mol. The van der Waals surface area contributed by atoms with Crippen molar-refractivity contribution < 1.29 is 14.6 Å². The smallest absolute Gasteiger partial charge is 0.404 e. The van der Waals surface area contributed by atoms with Crippen molar-refractivity contribution >= 4 is 19.9 Å². The number of allylic oxidation sites excluding steroid dienone is 5. The second-order valence-corrected chi connectivity index (χ2v) is 15.7. The number of anilines is 1. The van der Waals surface area contributed by atoms with Crippen LogP contribution in [-0.4, -0.2) is 47.2 Å². The van der Waals surface area contributed by atoms with Crippen molar-refractivity contribution in [3.05, 3.63) is 66.7 Å². The molecule has 0 bridgehead atoms. The molecule has 0 unspecified atom stereocenters. The highest BCUT2D eigenvalue weighted by atomic mass is 28.3. The Kier molecular flexibility index (Phi) is 9.05. The second kappa shape index (κ2) is 12.0. The van der Waals surface area contributed by atoms with Gasteiger partial charge in [0.2, 0.25) is 0 Å². The summed E-state index contributed by atoms with van der Waals surface area (Å²) in [5, 5.41) is 15.6. The minimum atomic E-state index is -1.16. The molecule has 1 aliphatic carbocycles. The molecule has 2 aromatic heterocycles. The van der Waals surface area contributed by atoms with Gasteiger partial charge >= 0.3 is 6.09 Å². The standard InChI is InChI=1S/C26H37N5O3Si/c1-35(2,3)17-16-34-20-31-24(22(27)19-30-31)21-10-15-28-23(18-21)26(11-6-4-7-12-26)13-8-5-9-14-29-25(32)33/h4-8,10-11,15,18-19,29H,9,12-14,16-17,20,27H2,1-3H3,(H,32,33)/t26-/m1/s1. The van der Waals surface area contributed by atoms with Gasteiger partial charge in [-0.3, -0.25) is 4.98 Å². The lowest BCUT2D eigenvalue weighted by Crippen LogP contribution is -2.25. The molecule has 1 atom stereocenters. The molecular formula is C26H37N5O3Si. The van der Waals surface area contributed by atoms with Crippen LogP contribution >= 0.6 is 0 Å². The zero-order valence-electron chi connectivity index (χ0n) is 20.9. The molecule has 1 amide bonds. The summed E-state index contributed by atoms with van der Waals surface area (Å²) in [6.45, 7) is 8.46. The first-order valence-corrected chi connectivity index (χ1v) is 15.7. The van der Waals surface area contributed by atoms with Crippen molar-refractivity contribution in [3.8, 4) is 11.3 Å². The SMILES string of the molecule is C[Si](C)(C)CCOCn1ncc(N)c1-c1ccnc([C@]2(CC=CCCNC(=O)O)C=CC=CC2)c1. The highest BCUT2D eigenvalue weighted by Gasteiger charge is 2.30. The molecule has 0 fully saturated rings. The van der Waals surface area contributed by atoms with Crippen LogP contribution in [0.4, 0.5) is 10.5 Å². The predicted molar refractivity (Wildman–Crippen MR) is 143 cm³/mol. The number of ether oxygens (including phenoxy) is 1. The molecule has 0 saturated carbocycles. The van der Waals surface area contributed by atoms with Crippen molar-refractivity contribution in [1.29, 1.82) is 0 Å². The van der Waals surface area contributed by atoms with Crippen LogP contribution in [0.5, 0.6) is 0 Å². The Hall–Kier alpha value is -3.17. The van der Waals surface area contributed by atoms with Gasteiger partial charge in [-0.25, -0.2) is 9.48 Å². The maximum atomic E-state index is 10.6. The van der Waals surface area contributed by atoms with Gasteiger partial charge in [0, 0.05) is 38.4 Å². The van der Waals surface area contributed by atoms with Gasteiger partial charge in [0.05, 0.1) is 23.3 Å². The molecule has 0 aliphatic heterocycles. The number of hydrogen-bond acceptors (Lipinski definition) is 5. The van der Waals surface area contributed by atoms with E-state index in [0.29, 0.717) is 32.0 Å². The number of hydrogen-bond donors (Lipinski definition) is 3. The summed E-state index contributed by atoms with van der Waals surface area (Å²) in [7, 11) is -1.16. The average Bonchev–Trinajstić information content (AvgIpc) is 3.19. The molecular weight excluding hydrogens is 458 g/mol. The number of nitrogens with two attached hydrogens (primary N) is 1. The molecule has 0 aromatic carbocycles. The van der Waals surface area contributed by atoms with E-state index >= 15 is 0 Å². The Morgan fingerprint density at radius 3 is 2.89 bits per heavy atom. The number of nitrogens with zero attached hydrogens (tertiary/aromatic N) is 3. The topological polar surface area (TPSA) is 115 Å². The first kappa shape index (κ1) is 26.4. The molecule has 0 radical (unpaired) electrons. The maximum absolute atomic E-state index is 10.6. The largest absolute Gasteiger partial charge is 0.465 e. The highest BCUT2D eigenvalue weighted by Crippen LogP contribution is 2.37. The summed E-state index contributed by atoms with van der Waals surface area (Å²) in [6.07, 6.45) is 17.3. The fourth-order valence-corrected chi connectivity index (χ4v) is 4.73. The third kappa shape index (κ3) is 7.66. The third-order valence-corrected chi connectivity index (χ3v) is 7.71. The van der Waals surface area contributed by atoms with Gasteiger partial charge in [0.1, 0.15) is 6.73 Å². The second-order valence-electron chi connectivity index (χ2n) is 10.1. The minimum absolute atomic E-state index is 0.283. The van der Waals surface area contributed by atoms with E-state index in [2.05, 4.69) is 60.4 Å². The number of pyridine rings is 1. The zero-order valence-corrected chi connectivity index (χ0v) is 21.9. The van der Waals surface area contributed by atoms with Crippen LogP contribution in [0.2, 0.25) is 25.7 Å². The lowest BCUT2D eigenvalue weighted by molar-refractivity contribution is 0.0798. The first-order valence-electron chi connectivity index (χ1n) is 12.0. The molecule has 1 aliphatic rings. The van der Waals surface area contributed by atoms with Crippen molar-refractivity contribution in [2.75, 3.05) is 18.9 Å². The van der Waals surface area contributed by atoms with Crippen LogP contribution in [0.3, 0.4) is 0 Å². The number of rotatable bonds is 12. The predicted octanol–water partition coefficient (Wildman–Crippen LogP) is 5.20. The Bertz CT molecular complexity index is 1090. The Balaban J connectivity index is 1.78. The summed E-state index contributed by atoms with van der Waals surface area (Å²) in [6, 6.07) is 5.15. The normalized spacial score (nSPS) is 17.8. The maximum Gasteiger partial charge on any atom is 0.404 e. The number of aromatic nitrogens is 3. The fourth-order valence-electron chi connectivity index (χ4n) is 3.98. The van der Waals surface area contributed by atoms with Gasteiger partial charge in [-0.15, -0.1) is 0 Å². The van der Waals surface area contributed by atoms with Crippen LogP contribution in [0.15, 0.2) is 61.0 Å². The van der Waals surface area contributed by atoms with Crippen molar-refractivity contribution in [2.24, 2.45) is 0 Å². The summed E-state index contributed by atoms with van der Waals surface area (Å²) < 4.78 is 7.75. The molecule has 9 heteroatoms. The quantitative estimate of drug-likeness (QED) is 0.212. The number of nitrogen functional groups attached to an aromatic ring is 1. The fraction of sp³-hybridized carbons (Fsp3) is 0.423. The van der Waals surface area contributed by atoms with Gasteiger partial charge in [-0.05, 0) is 37.4 Å². The van der Waals surface area contributed by atoms with Gasteiger partial charge < -0.3 is 20.9 Å². The van der Waals surface area contributed by atoms with E-state index in [1.54, 1.807) is 6.20 Å². The van der Waals surface area contributed by atoms with Gasteiger partial charge in [0.15, 0.2) is 0 Å². The van der Waals surface area contributed by atoms with E-state index in [-0.39, 0.29) is 5.41 Å². The summed E-state index contributed by atoms with van der Waals surface area (Å²) in [5.41, 5.74) is 9.39. The van der Waals surface area contributed by atoms with E-state index in [4.69, 9.17) is 20.6 Å². The molecule has 8 nitrogen and oxygen atoms in total. The Labute approximate surface area is 208 Å². The monoisotopic (exact) mass is 495 g/mol. The lowest BCUT2D eigenvalue weighted by atomic mass is 9.75. The van der Waals surface area contributed by atoms with E-state index in [0.717, 1.165) is 35.8 Å². The third-order valence-electron chi connectivity index (χ3n) is 6.00. The highest BCUT2D eigenvalue weighted by molar-refractivity contribution is 6.76. The number of amides is 1. The first-order chi connectivity index (χ1) is 16.7. The van der Waals surface area contributed by atoms with Crippen molar-refractivity contribution in [2.45, 2.75) is 57.1 Å². The number of carbonyl (C=O) groups is 1. The van der Waals surface area contributed by atoms with Crippen LogP contribution in [-0.2, 0) is 16.9 Å². The van der Waals surface area contributed by atoms with Crippen molar-refractivity contribution in [1.82, 2.24) is 20.1 Å². The zero-order chi connectivity index (χ0) is 25.3.